The second-order valence-corrected chi connectivity index (χ2v) is 5.31. The number of carbonyl (C=O) groups is 1. The average molecular weight is 359 g/mol. The molecule has 1 aromatic carbocycles. The van der Waals surface area contributed by atoms with Crippen molar-refractivity contribution in [1.82, 2.24) is 4.98 Å². The van der Waals surface area contributed by atoms with Crippen LogP contribution >= 0.6 is 15.9 Å². The summed E-state index contributed by atoms with van der Waals surface area (Å²) in [4.78, 5) is 15.3. The molecule has 0 aliphatic carbocycles. The van der Waals surface area contributed by atoms with Crippen molar-refractivity contribution in [2.24, 2.45) is 0 Å². The Hall–Kier alpha value is -1.89. The number of alkyl halides is 3. The minimum atomic E-state index is -4.55. The predicted octanol–water partition coefficient (Wildman–Crippen LogP) is 4.42. The van der Waals surface area contributed by atoms with E-state index in [4.69, 9.17) is 0 Å². The lowest BCUT2D eigenvalue weighted by Crippen LogP contribution is -2.14. The molecule has 110 valence electrons. The second kappa shape index (κ2) is 5.85. The molecule has 0 atom stereocenters. The van der Waals surface area contributed by atoms with E-state index in [9.17, 15) is 18.0 Å². The number of nitrogens with one attached hydrogen (secondary N) is 1. The lowest BCUT2D eigenvalue weighted by atomic mass is 10.1. The van der Waals surface area contributed by atoms with Crippen LogP contribution in [-0.2, 0) is 6.18 Å². The summed E-state index contributed by atoms with van der Waals surface area (Å²) in [5.41, 5.74) is 0.207. The molecule has 3 nitrogen and oxygen atoms in total. The summed E-state index contributed by atoms with van der Waals surface area (Å²) in [7, 11) is 0. The second-order valence-electron chi connectivity index (χ2n) is 4.40. The predicted molar refractivity (Wildman–Crippen MR) is 76.1 cm³/mol. The van der Waals surface area contributed by atoms with Crippen molar-refractivity contribution in [3.63, 3.8) is 0 Å². The third-order valence-corrected chi connectivity index (χ3v) is 3.07. The first-order valence-electron chi connectivity index (χ1n) is 5.87. The van der Waals surface area contributed by atoms with Crippen LogP contribution in [0.2, 0.25) is 0 Å². The van der Waals surface area contributed by atoms with Crippen molar-refractivity contribution in [2.75, 3.05) is 5.32 Å². The van der Waals surface area contributed by atoms with E-state index in [1.807, 2.05) is 13.0 Å². The van der Waals surface area contributed by atoms with E-state index in [0.29, 0.717) is 5.56 Å². The molecule has 0 saturated heterocycles. The van der Waals surface area contributed by atoms with Crippen LogP contribution in [0.5, 0.6) is 0 Å². The quantitative estimate of drug-likeness (QED) is 0.862. The summed E-state index contributed by atoms with van der Waals surface area (Å²) in [5, 5.41) is 2.43. The fourth-order valence-corrected chi connectivity index (χ4v) is 2.34. The van der Waals surface area contributed by atoms with E-state index in [-0.39, 0.29) is 5.69 Å². The molecular formula is C14H10BrF3N2O. The average Bonchev–Trinajstić information content (AvgIpc) is 2.37. The number of hydrogen-bond acceptors (Lipinski definition) is 2. The van der Waals surface area contributed by atoms with Crippen molar-refractivity contribution in [1.29, 1.82) is 0 Å². The van der Waals surface area contributed by atoms with E-state index >= 15 is 0 Å². The molecular weight excluding hydrogens is 349 g/mol. The highest BCUT2D eigenvalue weighted by atomic mass is 79.9. The van der Waals surface area contributed by atoms with Gasteiger partial charge < -0.3 is 5.32 Å². The first-order chi connectivity index (χ1) is 9.75. The van der Waals surface area contributed by atoms with Crippen molar-refractivity contribution < 1.29 is 18.0 Å². The Labute approximate surface area is 127 Å². The number of aryl methyl sites for hydroxylation is 1. The van der Waals surface area contributed by atoms with Gasteiger partial charge in [0.2, 0.25) is 0 Å². The van der Waals surface area contributed by atoms with Crippen LogP contribution in [0.3, 0.4) is 0 Å². The van der Waals surface area contributed by atoms with Gasteiger partial charge in [-0.1, -0.05) is 15.9 Å². The Morgan fingerprint density at radius 3 is 2.57 bits per heavy atom. The molecule has 0 saturated carbocycles. The van der Waals surface area contributed by atoms with Crippen molar-refractivity contribution >= 4 is 27.5 Å². The summed E-state index contributed by atoms with van der Waals surface area (Å²) in [6.07, 6.45) is -3.54. The topological polar surface area (TPSA) is 42.0 Å². The molecule has 1 aromatic heterocycles. The SMILES string of the molecule is Cc1cc(Br)cc(C(=O)Nc2ccnc(C(F)(F)F)c2)c1. The highest BCUT2D eigenvalue weighted by molar-refractivity contribution is 9.10. The smallest absolute Gasteiger partial charge is 0.322 e. The molecule has 1 amide bonds. The first kappa shape index (κ1) is 15.5. The molecule has 0 bridgehead atoms. The van der Waals surface area contributed by atoms with E-state index in [1.54, 1.807) is 12.1 Å². The molecule has 1 N–H and O–H groups in total. The Balaban J connectivity index is 2.23. The first-order valence-corrected chi connectivity index (χ1v) is 6.67. The van der Waals surface area contributed by atoms with Gasteiger partial charge in [0, 0.05) is 21.9 Å². The van der Waals surface area contributed by atoms with Crippen LogP contribution < -0.4 is 5.32 Å². The molecule has 7 heteroatoms. The summed E-state index contributed by atoms with van der Waals surface area (Å²) in [6, 6.07) is 7.16. The van der Waals surface area contributed by atoms with Crippen LogP contribution in [0.25, 0.3) is 0 Å². The number of benzene rings is 1. The van der Waals surface area contributed by atoms with E-state index in [0.717, 1.165) is 22.3 Å². The maximum absolute atomic E-state index is 12.6. The summed E-state index contributed by atoms with van der Waals surface area (Å²) in [5.74, 6) is -0.487. The van der Waals surface area contributed by atoms with Gasteiger partial charge in [0.05, 0.1) is 0 Å². The normalized spacial score (nSPS) is 11.3. The van der Waals surface area contributed by atoms with Crippen LogP contribution in [0, 0.1) is 6.92 Å². The molecule has 2 aromatic rings. The van der Waals surface area contributed by atoms with Crippen molar-refractivity contribution in [2.45, 2.75) is 13.1 Å². The molecule has 0 aliphatic heterocycles. The third kappa shape index (κ3) is 4.04. The highest BCUT2D eigenvalue weighted by Crippen LogP contribution is 2.29. The summed E-state index contributed by atoms with van der Waals surface area (Å²) < 4.78 is 38.4. The maximum Gasteiger partial charge on any atom is 0.433 e. The minimum Gasteiger partial charge on any atom is -0.322 e. The van der Waals surface area contributed by atoms with Gasteiger partial charge in [-0.25, -0.2) is 0 Å². The zero-order valence-corrected chi connectivity index (χ0v) is 12.4. The molecule has 1 heterocycles. The van der Waals surface area contributed by atoms with Gasteiger partial charge >= 0.3 is 6.18 Å². The van der Waals surface area contributed by atoms with Crippen LogP contribution in [0.4, 0.5) is 18.9 Å². The number of halogens is 4. The zero-order valence-electron chi connectivity index (χ0n) is 10.8. The van der Waals surface area contributed by atoms with Gasteiger partial charge in [0.25, 0.3) is 5.91 Å². The number of rotatable bonds is 2. The number of hydrogen-bond donors (Lipinski definition) is 1. The highest BCUT2D eigenvalue weighted by Gasteiger charge is 2.32. The van der Waals surface area contributed by atoms with Crippen molar-refractivity contribution in [3.05, 3.63) is 57.8 Å². The van der Waals surface area contributed by atoms with Crippen LogP contribution in [0.1, 0.15) is 21.6 Å². The van der Waals surface area contributed by atoms with Gasteiger partial charge in [-0.3, -0.25) is 9.78 Å². The van der Waals surface area contributed by atoms with Crippen LogP contribution in [0.15, 0.2) is 41.0 Å². The number of aromatic nitrogens is 1. The number of amides is 1. The third-order valence-electron chi connectivity index (χ3n) is 2.61. The van der Waals surface area contributed by atoms with Gasteiger partial charge in [-0.05, 0) is 42.8 Å². The summed E-state index contributed by atoms with van der Waals surface area (Å²) in [6.45, 7) is 1.82. The Bertz CT molecular complexity index is 666. The Kier molecular flexibility index (Phi) is 4.32. The van der Waals surface area contributed by atoms with E-state index < -0.39 is 17.8 Å². The minimum absolute atomic E-state index is 0.0416. The molecule has 2 rings (SSSR count). The zero-order chi connectivity index (χ0) is 15.6. The maximum atomic E-state index is 12.6. The van der Waals surface area contributed by atoms with Crippen LogP contribution in [-0.4, -0.2) is 10.9 Å². The van der Waals surface area contributed by atoms with Gasteiger partial charge in [-0.15, -0.1) is 0 Å². The van der Waals surface area contributed by atoms with Gasteiger partial charge in [0.1, 0.15) is 5.69 Å². The number of anilines is 1. The Morgan fingerprint density at radius 2 is 1.95 bits per heavy atom. The van der Waals surface area contributed by atoms with E-state index in [2.05, 4.69) is 26.2 Å². The molecule has 0 spiro atoms. The monoisotopic (exact) mass is 358 g/mol. The largest absolute Gasteiger partial charge is 0.433 e. The molecule has 0 aliphatic rings. The standard InChI is InChI=1S/C14H10BrF3N2O/c1-8-4-9(6-10(15)5-8)13(21)20-11-2-3-19-12(7-11)14(16,17)18/h2-7H,1H3,(H,19,20,21). The lowest BCUT2D eigenvalue weighted by molar-refractivity contribution is -0.141. The number of pyridine rings is 1. The molecule has 0 unspecified atom stereocenters. The summed E-state index contributed by atoms with van der Waals surface area (Å²) >= 11 is 3.27. The van der Waals surface area contributed by atoms with E-state index in [1.165, 1.54) is 6.07 Å². The van der Waals surface area contributed by atoms with Gasteiger partial charge in [-0.2, -0.15) is 13.2 Å². The lowest BCUT2D eigenvalue weighted by Gasteiger charge is -2.09. The number of nitrogens with zero attached hydrogens (tertiary/aromatic N) is 1. The molecule has 0 radical (unpaired) electrons. The van der Waals surface area contributed by atoms with Crippen molar-refractivity contribution in [3.8, 4) is 0 Å². The molecule has 21 heavy (non-hydrogen) atoms. The number of carbonyl (C=O) groups excluding carboxylic acids is 1. The molecule has 0 fully saturated rings. The fraction of sp³-hybridized carbons (Fsp3) is 0.143. The Morgan fingerprint density at radius 1 is 1.24 bits per heavy atom. The fourth-order valence-electron chi connectivity index (χ4n) is 1.73. The van der Waals surface area contributed by atoms with Gasteiger partial charge in [0.15, 0.2) is 0 Å².